The number of fused-ring (bicyclic) bond motifs is 1. The van der Waals surface area contributed by atoms with E-state index in [0.29, 0.717) is 40.0 Å². The maximum absolute atomic E-state index is 13.7. The zero-order valence-corrected chi connectivity index (χ0v) is 22.2. The number of benzene rings is 2. The Morgan fingerprint density at radius 3 is 2.42 bits per heavy atom. The number of carbonyl (C=O) groups is 2. The Hall–Kier alpha value is -3.56. The van der Waals surface area contributed by atoms with Crippen molar-refractivity contribution in [2.75, 3.05) is 13.7 Å². The first kappa shape index (κ1) is 27.5. The standard InChI is InChI=1S/C28H32F3N3O4/c1-6-33(26(36)17-10-11-17)15-18-14-19(28(29,30)31)12-13-20(18)25-24-21(8-7-9-22(24)37-5)34(32-25)16-23(35)38-27(2,3)4/h7-9,12-14,17H,6,10-11,15-16H2,1-5H3. The number of aromatic nitrogens is 2. The number of alkyl halides is 3. The van der Waals surface area contributed by atoms with E-state index in [1.807, 2.05) is 6.92 Å². The molecule has 0 radical (unpaired) electrons. The van der Waals surface area contributed by atoms with E-state index in [2.05, 4.69) is 5.10 Å². The molecule has 1 heterocycles. The summed E-state index contributed by atoms with van der Waals surface area (Å²) in [6.45, 7) is 7.26. The molecule has 1 saturated carbocycles. The van der Waals surface area contributed by atoms with Crippen LogP contribution in [0.5, 0.6) is 5.75 Å². The van der Waals surface area contributed by atoms with E-state index in [-0.39, 0.29) is 24.9 Å². The molecule has 10 heteroatoms. The van der Waals surface area contributed by atoms with Crippen LogP contribution in [0.4, 0.5) is 13.2 Å². The second-order valence-corrected chi connectivity index (χ2v) is 10.4. The van der Waals surface area contributed by atoms with Crippen LogP contribution >= 0.6 is 0 Å². The van der Waals surface area contributed by atoms with Crippen molar-refractivity contribution in [1.82, 2.24) is 14.7 Å². The highest BCUT2D eigenvalue weighted by Gasteiger charge is 2.35. The summed E-state index contributed by atoms with van der Waals surface area (Å²) in [6, 6.07) is 8.69. The summed E-state index contributed by atoms with van der Waals surface area (Å²) in [5, 5.41) is 5.22. The minimum atomic E-state index is -4.55. The normalized spacial score (nSPS) is 14.0. The van der Waals surface area contributed by atoms with Gasteiger partial charge < -0.3 is 14.4 Å². The number of ether oxygens (including phenoxy) is 2. The van der Waals surface area contributed by atoms with Gasteiger partial charge in [0, 0.05) is 24.6 Å². The van der Waals surface area contributed by atoms with Gasteiger partial charge in [-0.25, -0.2) is 0 Å². The highest BCUT2D eigenvalue weighted by atomic mass is 19.4. The molecular formula is C28H32F3N3O4. The molecule has 2 aromatic carbocycles. The minimum Gasteiger partial charge on any atom is -0.496 e. The van der Waals surface area contributed by atoms with Crippen LogP contribution in [0, 0.1) is 5.92 Å². The van der Waals surface area contributed by atoms with E-state index >= 15 is 0 Å². The molecule has 0 unspecified atom stereocenters. The monoisotopic (exact) mass is 531 g/mol. The molecule has 3 aromatic rings. The molecule has 0 N–H and O–H groups in total. The van der Waals surface area contributed by atoms with Gasteiger partial charge >= 0.3 is 12.1 Å². The van der Waals surface area contributed by atoms with E-state index in [1.165, 1.54) is 17.9 Å². The first-order valence-corrected chi connectivity index (χ1v) is 12.6. The summed E-state index contributed by atoms with van der Waals surface area (Å²) in [6.07, 6.45) is -2.97. The maximum atomic E-state index is 13.7. The number of rotatable bonds is 8. The lowest BCUT2D eigenvalue weighted by atomic mass is 9.98. The van der Waals surface area contributed by atoms with E-state index in [4.69, 9.17) is 9.47 Å². The molecule has 1 amide bonds. The Labute approximate surface area is 219 Å². The van der Waals surface area contributed by atoms with Crippen molar-refractivity contribution in [2.45, 2.75) is 65.4 Å². The fourth-order valence-electron chi connectivity index (χ4n) is 4.44. The van der Waals surface area contributed by atoms with Crippen molar-refractivity contribution in [3.63, 3.8) is 0 Å². The summed E-state index contributed by atoms with van der Waals surface area (Å²) in [5.74, 6) is -0.178. The number of amides is 1. The van der Waals surface area contributed by atoms with Crippen LogP contribution in [0.3, 0.4) is 0 Å². The molecule has 7 nitrogen and oxygen atoms in total. The molecule has 0 saturated heterocycles. The third-order valence-electron chi connectivity index (χ3n) is 6.33. The van der Waals surface area contributed by atoms with Crippen LogP contribution in [0.15, 0.2) is 36.4 Å². The zero-order chi connectivity index (χ0) is 27.8. The molecule has 0 spiro atoms. The van der Waals surface area contributed by atoms with Crippen molar-refractivity contribution < 1.29 is 32.2 Å². The van der Waals surface area contributed by atoms with Gasteiger partial charge in [-0.2, -0.15) is 18.3 Å². The predicted octanol–water partition coefficient (Wildman–Crippen LogP) is 5.83. The van der Waals surface area contributed by atoms with Crippen molar-refractivity contribution in [1.29, 1.82) is 0 Å². The molecule has 1 aliphatic rings. The zero-order valence-electron chi connectivity index (χ0n) is 22.2. The minimum absolute atomic E-state index is 0.000650. The smallest absolute Gasteiger partial charge is 0.416 e. The van der Waals surface area contributed by atoms with Gasteiger partial charge in [0.2, 0.25) is 5.91 Å². The Bertz CT molecular complexity index is 1350. The van der Waals surface area contributed by atoms with Crippen LogP contribution in [0.25, 0.3) is 22.2 Å². The van der Waals surface area contributed by atoms with Gasteiger partial charge in [-0.15, -0.1) is 0 Å². The molecule has 1 aromatic heterocycles. The van der Waals surface area contributed by atoms with Crippen molar-refractivity contribution in [3.05, 3.63) is 47.5 Å². The van der Waals surface area contributed by atoms with Crippen molar-refractivity contribution in [2.24, 2.45) is 5.92 Å². The lowest BCUT2D eigenvalue weighted by molar-refractivity contribution is -0.155. The Morgan fingerprint density at radius 2 is 1.84 bits per heavy atom. The topological polar surface area (TPSA) is 73.7 Å². The van der Waals surface area contributed by atoms with Crippen LogP contribution < -0.4 is 4.74 Å². The molecular weight excluding hydrogens is 499 g/mol. The number of methoxy groups -OCH3 is 1. The van der Waals surface area contributed by atoms with E-state index in [9.17, 15) is 22.8 Å². The van der Waals surface area contributed by atoms with Gasteiger partial charge in [-0.1, -0.05) is 12.1 Å². The first-order valence-electron chi connectivity index (χ1n) is 12.6. The maximum Gasteiger partial charge on any atom is 0.416 e. The van der Waals surface area contributed by atoms with Crippen LogP contribution in [-0.4, -0.2) is 45.8 Å². The lowest BCUT2D eigenvalue weighted by Crippen LogP contribution is -2.31. The SMILES string of the molecule is CCN(Cc1cc(C(F)(F)F)ccc1-c1nn(CC(=O)OC(C)(C)C)c2cccc(OC)c12)C(=O)C1CC1. The molecule has 204 valence electrons. The molecule has 1 aliphatic carbocycles. The predicted molar refractivity (Wildman–Crippen MR) is 136 cm³/mol. The summed E-state index contributed by atoms with van der Waals surface area (Å²) in [4.78, 5) is 27.1. The molecule has 4 rings (SSSR count). The molecule has 38 heavy (non-hydrogen) atoms. The van der Waals surface area contributed by atoms with Crippen LogP contribution in [0.1, 0.15) is 51.7 Å². The summed E-state index contributed by atoms with van der Waals surface area (Å²) in [5.41, 5.74) is 0.161. The number of hydrogen-bond donors (Lipinski definition) is 0. The largest absolute Gasteiger partial charge is 0.496 e. The molecule has 0 atom stereocenters. The van der Waals surface area contributed by atoms with Gasteiger partial charge in [0.25, 0.3) is 0 Å². The highest BCUT2D eigenvalue weighted by molar-refractivity contribution is 5.99. The van der Waals surface area contributed by atoms with Crippen LogP contribution in [0.2, 0.25) is 0 Å². The van der Waals surface area contributed by atoms with Gasteiger partial charge in [-0.3, -0.25) is 14.3 Å². The fraction of sp³-hybridized carbons (Fsp3) is 0.464. The van der Waals surface area contributed by atoms with Gasteiger partial charge in [0.15, 0.2) is 0 Å². The fourth-order valence-corrected chi connectivity index (χ4v) is 4.44. The summed E-state index contributed by atoms with van der Waals surface area (Å²) in [7, 11) is 1.49. The van der Waals surface area contributed by atoms with E-state index in [1.54, 1.807) is 43.9 Å². The second kappa shape index (κ2) is 10.3. The average Bonchev–Trinajstić information content (AvgIpc) is 3.62. The second-order valence-electron chi connectivity index (χ2n) is 10.4. The first-order chi connectivity index (χ1) is 17.8. The third kappa shape index (κ3) is 5.95. The summed E-state index contributed by atoms with van der Waals surface area (Å²) < 4.78 is 53.6. The van der Waals surface area contributed by atoms with Gasteiger partial charge in [0.1, 0.15) is 23.6 Å². The summed E-state index contributed by atoms with van der Waals surface area (Å²) >= 11 is 0. The molecule has 0 bridgehead atoms. The van der Waals surface area contributed by atoms with Crippen molar-refractivity contribution >= 4 is 22.8 Å². The Kier molecular flexibility index (Phi) is 7.45. The highest BCUT2D eigenvalue weighted by Crippen LogP contribution is 2.40. The third-order valence-corrected chi connectivity index (χ3v) is 6.33. The van der Waals surface area contributed by atoms with Crippen LogP contribution in [-0.2, 0) is 33.6 Å². The van der Waals surface area contributed by atoms with Crippen molar-refractivity contribution in [3.8, 4) is 17.0 Å². The number of nitrogens with zero attached hydrogens (tertiary/aromatic N) is 3. The molecule has 0 aliphatic heterocycles. The Balaban J connectivity index is 1.87. The lowest BCUT2D eigenvalue weighted by Gasteiger charge is -2.23. The number of halogens is 3. The van der Waals surface area contributed by atoms with Gasteiger partial charge in [0.05, 0.1) is 23.6 Å². The van der Waals surface area contributed by atoms with E-state index in [0.717, 1.165) is 25.0 Å². The molecule has 1 fully saturated rings. The average molecular weight is 532 g/mol. The number of carbonyl (C=O) groups excluding carboxylic acids is 2. The Morgan fingerprint density at radius 1 is 1.13 bits per heavy atom. The quantitative estimate of drug-likeness (QED) is 0.342. The number of hydrogen-bond acceptors (Lipinski definition) is 5. The number of esters is 1. The van der Waals surface area contributed by atoms with Gasteiger partial charge in [-0.05, 0) is 70.4 Å². The van der Waals surface area contributed by atoms with E-state index < -0.39 is 23.3 Å².